The molecule has 1 aliphatic heterocycles. The Kier molecular flexibility index (Phi) is 6.32. The predicted octanol–water partition coefficient (Wildman–Crippen LogP) is 4.88. The molecule has 3 aromatic rings. The first-order valence-electron chi connectivity index (χ1n) is 10.1. The largest absolute Gasteiger partial charge is 0.454 e. The minimum atomic E-state index is -3.66. The van der Waals surface area contributed by atoms with Crippen LogP contribution in [0.15, 0.2) is 46.9 Å². The molecule has 31 heavy (non-hydrogen) atoms. The Morgan fingerprint density at radius 3 is 2.45 bits per heavy atom. The minimum absolute atomic E-state index is 0.132. The number of aryl methyl sites for hydroxylation is 1. The number of ether oxygens (including phenoxy) is 2. The number of anilines is 1. The molecule has 0 amide bonds. The van der Waals surface area contributed by atoms with Crippen LogP contribution in [0.2, 0.25) is 0 Å². The topological polar surface area (TPSA) is 92.1 Å². The van der Waals surface area contributed by atoms with Gasteiger partial charge < -0.3 is 28.3 Å². The van der Waals surface area contributed by atoms with Crippen LogP contribution in [0.3, 0.4) is 0 Å². The number of benzene rings is 2. The summed E-state index contributed by atoms with van der Waals surface area (Å²) in [4.78, 5) is 4.50. The predicted molar refractivity (Wildman–Crippen MR) is 117 cm³/mol. The van der Waals surface area contributed by atoms with Gasteiger partial charge in [0.25, 0.3) is 0 Å². The molecule has 0 bridgehead atoms. The first-order chi connectivity index (χ1) is 15.0. The average molecular weight is 444 g/mol. The number of hydrogen-bond acceptors (Lipinski definition) is 8. The van der Waals surface area contributed by atoms with Gasteiger partial charge in [0, 0.05) is 12.1 Å². The quantitative estimate of drug-likeness (QED) is 0.467. The summed E-state index contributed by atoms with van der Waals surface area (Å²) < 4.78 is 41.3. The Morgan fingerprint density at radius 1 is 1.03 bits per heavy atom. The Balaban J connectivity index is 1.66. The molecule has 0 saturated heterocycles. The fourth-order valence-electron chi connectivity index (χ4n) is 3.17. The van der Waals surface area contributed by atoms with Crippen molar-refractivity contribution in [3.8, 4) is 23.0 Å². The molecule has 0 aliphatic carbocycles. The molecular formula is C22H25N2O6P. The van der Waals surface area contributed by atoms with Crippen LogP contribution in [0.25, 0.3) is 11.5 Å². The molecular weight excluding hydrogens is 419 g/mol. The second-order valence-electron chi connectivity index (χ2n) is 6.91. The first-order valence-corrected chi connectivity index (χ1v) is 11.7. The first kappa shape index (κ1) is 21.4. The number of aromatic nitrogens is 1. The van der Waals surface area contributed by atoms with Crippen LogP contribution in [0, 0.1) is 6.92 Å². The maximum atomic E-state index is 13.5. The molecule has 0 fully saturated rings. The highest BCUT2D eigenvalue weighted by molar-refractivity contribution is 7.62. The summed E-state index contributed by atoms with van der Waals surface area (Å²) >= 11 is 0. The monoisotopic (exact) mass is 444 g/mol. The third-order valence-corrected chi connectivity index (χ3v) is 6.67. The molecule has 164 valence electrons. The Morgan fingerprint density at radius 2 is 1.74 bits per heavy atom. The molecule has 2 aromatic carbocycles. The van der Waals surface area contributed by atoms with Crippen LogP contribution in [-0.2, 0) is 20.2 Å². The van der Waals surface area contributed by atoms with Gasteiger partial charge in [0.2, 0.25) is 24.0 Å². The van der Waals surface area contributed by atoms with Crippen molar-refractivity contribution in [2.45, 2.75) is 27.3 Å². The van der Waals surface area contributed by atoms with E-state index < -0.39 is 7.60 Å². The van der Waals surface area contributed by atoms with Gasteiger partial charge in [-0.2, -0.15) is 4.98 Å². The summed E-state index contributed by atoms with van der Waals surface area (Å²) in [5.74, 6) is 1.98. The van der Waals surface area contributed by atoms with Gasteiger partial charge in [0.1, 0.15) is 0 Å². The molecule has 1 N–H and O–H groups in total. The second kappa shape index (κ2) is 9.14. The van der Waals surface area contributed by atoms with E-state index in [0.29, 0.717) is 23.9 Å². The SMILES string of the molecule is CCOP(=O)(OCC)c1nc(-c2ccc(C)cc2)oc1NCc1ccc2c(c1)OCO2. The van der Waals surface area contributed by atoms with E-state index >= 15 is 0 Å². The Labute approximate surface area is 181 Å². The summed E-state index contributed by atoms with van der Waals surface area (Å²) in [7, 11) is -3.66. The van der Waals surface area contributed by atoms with Crippen molar-refractivity contribution in [2.75, 3.05) is 25.3 Å². The van der Waals surface area contributed by atoms with Crippen molar-refractivity contribution in [3.63, 3.8) is 0 Å². The molecule has 0 spiro atoms. The maximum Gasteiger partial charge on any atom is 0.385 e. The molecule has 1 aromatic heterocycles. The summed E-state index contributed by atoms with van der Waals surface area (Å²) in [6, 6.07) is 13.4. The summed E-state index contributed by atoms with van der Waals surface area (Å²) in [6.07, 6.45) is 0. The minimum Gasteiger partial charge on any atom is -0.454 e. The normalized spacial score (nSPS) is 12.9. The zero-order valence-corrected chi connectivity index (χ0v) is 18.6. The van der Waals surface area contributed by atoms with Crippen molar-refractivity contribution >= 4 is 18.9 Å². The molecule has 9 heteroatoms. The third-order valence-electron chi connectivity index (χ3n) is 4.66. The highest BCUT2D eigenvalue weighted by atomic mass is 31.2. The zero-order valence-electron chi connectivity index (χ0n) is 17.7. The highest BCUT2D eigenvalue weighted by Crippen LogP contribution is 2.49. The Bertz CT molecular complexity index is 1090. The number of fused-ring (bicyclic) bond motifs is 1. The fourth-order valence-corrected chi connectivity index (χ4v) is 4.75. The van der Waals surface area contributed by atoms with Gasteiger partial charge in [-0.15, -0.1) is 0 Å². The summed E-state index contributed by atoms with van der Waals surface area (Å²) in [6.45, 7) is 6.55. The van der Waals surface area contributed by atoms with E-state index in [4.69, 9.17) is 22.9 Å². The highest BCUT2D eigenvalue weighted by Gasteiger charge is 2.35. The molecule has 4 rings (SSSR count). The zero-order chi connectivity index (χ0) is 21.8. The number of nitrogens with zero attached hydrogens (tertiary/aromatic N) is 1. The van der Waals surface area contributed by atoms with E-state index in [1.807, 2.05) is 49.4 Å². The number of nitrogens with one attached hydrogen (secondary N) is 1. The van der Waals surface area contributed by atoms with Crippen molar-refractivity contribution in [1.82, 2.24) is 4.98 Å². The van der Waals surface area contributed by atoms with Gasteiger partial charge in [0.15, 0.2) is 11.5 Å². The number of rotatable bonds is 9. The van der Waals surface area contributed by atoms with Crippen LogP contribution in [0.5, 0.6) is 11.5 Å². The van der Waals surface area contributed by atoms with E-state index in [1.165, 1.54) is 0 Å². The molecule has 0 unspecified atom stereocenters. The van der Waals surface area contributed by atoms with Crippen LogP contribution >= 0.6 is 7.60 Å². The number of oxazole rings is 1. The van der Waals surface area contributed by atoms with Crippen molar-refractivity contribution in [3.05, 3.63) is 53.6 Å². The van der Waals surface area contributed by atoms with E-state index in [1.54, 1.807) is 13.8 Å². The van der Waals surface area contributed by atoms with E-state index in [2.05, 4.69) is 10.3 Å². The molecule has 2 heterocycles. The number of hydrogen-bond donors (Lipinski definition) is 1. The summed E-state index contributed by atoms with van der Waals surface area (Å²) in [5, 5.41) is 3.19. The lowest BCUT2D eigenvalue weighted by Gasteiger charge is -2.15. The lowest BCUT2D eigenvalue weighted by molar-refractivity contribution is 0.174. The van der Waals surface area contributed by atoms with E-state index in [9.17, 15) is 4.57 Å². The van der Waals surface area contributed by atoms with Crippen molar-refractivity contribution in [2.24, 2.45) is 0 Å². The lowest BCUT2D eigenvalue weighted by atomic mass is 10.1. The van der Waals surface area contributed by atoms with Crippen molar-refractivity contribution < 1.29 is 27.5 Å². The lowest BCUT2D eigenvalue weighted by Crippen LogP contribution is -2.16. The third kappa shape index (κ3) is 4.61. The molecule has 1 aliphatic rings. The molecule has 0 radical (unpaired) electrons. The molecule has 8 nitrogen and oxygen atoms in total. The standard InChI is InChI=1S/C22H25N2O6P/c1-4-28-31(25,29-5-2)22-21(30-20(24-22)17-9-6-15(3)7-10-17)23-13-16-8-11-18-19(12-16)27-14-26-18/h6-12,23H,4-5,13-14H2,1-3H3. The van der Waals surface area contributed by atoms with Crippen LogP contribution in [0.1, 0.15) is 25.0 Å². The van der Waals surface area contributed by atoms with Gasteiger partial charge >= 0.3 is 7.60 Å². The smallest absolute Gasteiger partial charge is 0.385 e. The van der Waals surface area contributed by atoms with Crippen LogP contribution in [-0.4, -0.2) is 25.0 Å². The molecule has 0 atom stereocenters. The fraction of sp³-hybridized carbons (Fsp3) is 0.318. The van der Waals surface area contributed by atoms with Gasteiger partial charge in [-0.05, 0) is 50.6 Å². The van der Waals surface area contributed by atoms with E-state index in [-0.39, 0.29) is 31.3 Å². The van der Waals surface area contributed by atoms with Gasteiger partial charge in [0.05, 0.1) is 13.2 Å². The summed E-state index contributed by atoms with van der Waals surface area (Å²) in [5.41, 5.74) is 2.95. The Hall–Kier alpha value is -2.80. The van der Waals surface area contributed by atoms with Crippen molar-refractivity contribution in [1.29, 1.82) is 0 Å². The van der Waals surface area contributed by atoms with Crippen LogP contribution < -0.4 is 20.2 Å². The van der Waals surface area contributed by atoms with Gasteiger partial charge in [-0.3, -0.25) is 4.57 Å². The average Bonchev–Trinajstić information content (AvgIpc) is 3.40. The maximum absolute atomic E-state index is 13.5. The van der Waals surface area contributed by atoms with Crippen LogP contribution in [0.4, 0.5) is 5.88 Å². The second-order valence-corrected chi connectivity index (χ2v) is 8.85. The van der Waals surface area contributed by atoms with Gasteiger partial charge in [-0.25, -0.2) is 0 Å². The van der Waals surface area contributed by atoms with Gasteiger partial charge in [-0.1, -0.05) is 23.8 Å². The molecule has 0 saturated carbocycles. The van der Waals surface area contributed by atoms with E-state index in [0.717, 1.165) is 16.7 Å².